The number of ether oxygens (including phenoxy) is 2. The lowest BCUT2D eigenvalue weighted by molar-refractivity contribution is -0.138. The minimum absolute atomic E-state index is 0.0799. The summed E-state index contributed by atoms with van der Waals surface area (Å²) in [6.45, 7) is 5.11. The Hall–Kier alpha value is -1.44. The molecular formula is C13H20N4O3. The molecule has 3 heterocycles. The average Bonchev–Trinajstić information content (AvgIpc) is 3.03. The highest BCUT2D eigenvalue weighted by atomic mass is 16.5. The maximum absolute atomic E-state index is 12.3. The van der Waals surface area contributed by atoms with E-state index in [-0.39, 0.29) is 11.9 Å². The number of nitrogens with one attached hydrogen (secondary N) is 1. The van der Waals surface area contributed by atoms with Crippen LogP contribution in [0.25, 0.3) is 0 Å². The first-order chi connectivity index (χ1) is 9.84. The molecule has 110 valence electrons. The van der Waals surface area contributed by atoms with E-state index in [1.807, 2.05) is 11.0 Å². The van der Waals surface area contributed by atoms with Crippen LogP contribution in [-0.2, 0) is 14.3 Å². The molecule has 2 aliphatic heterocycles. The topological polar surface area (TPSA) is 70.7 Å². The molecule has 0 bridgehead atoms. The van der Waals surface area contributed by atoms with Gasteiger partial charge in [0.1, 0.15) is 0 Å². The molecule has 0 unspecified atom stereocenters. The molecule has 2 aliphatic rings. The highest BCUT2D eigenvalue weighted by molar-refractivity contribution is 5.78. The quantitative estimate of drug-likeness (QED) is 0.819. The lowest BCUT2D eigenvalue weighted by atomic mass is 10.1. The summed E-state index contributed by atoms with van der Waals surface area (Å²) in [6.07, 6.45) is 1.73. The number of aromatic nitrogens is 2. The summed E-state index contributed by atoms with van der Waals surface area (Å²) in [6, 6.07) is 2.02. The van der Waals surface area contributed by atoms with E-state index in [1.54, 1.807) is 6.20 Å². The molecule has 20 heavy (non-hydrogen) atoms. The molecule has 1 amide bonds. The van der Waals surface area contributed by atoms with Gasteiger partial charge in [0.2, 0.25) is 5.91 Å². The van der Waals surface area contributed by atoms with Crippen molar-refractivity contribution in [1.82, 2.24) is 20.0 Å². The summed E-state index contributed by atoms with van der Waals surface area (Å²) in [5.74, 6) is 0.166. The first-order valence-electron chi connectivity index (χ1n) is 7.01. The van der Waals surface area contributed by atoms with Crippen LogP contribution in [0.1, 0.15) is 11.7 Å². The van der Waals surface area contributed by atoms with Gasteiger partial charge >= 0.3 is 0 Å². The van der Waals surface area contributed by atoms with Crippen molar-refractivity contribution >= 4 is 5.91 Å². The minimum Gasteiger partial charge on any atom is -0.378 e. The molecule has 2 fully saturated rings. The molecule has 7 nitrogen and oxygen atoms in total. The van der Waals surface area contributed by atoms with Crippen LogP contribution in [0.5, 0.6) is 0 Å². The van der Waals surface area contributed by atoms with Gasteiger partial charge in [-0.15, -0.1) is 0 Å². The molecule has 7 heteroatoms. The van der Waals surface area contributed by atoms with Crippen molar-refractivity contribution in [2.75, 3.05) is 52.6 Å². The summed E-state index contributed by atoms with van der Waals surface area (Å²) < 4.78 is 10.8. The van der Waals surface area contributed by atoms with Gasteiger partial charge in [0, 0.05) is 25.8 Å². The van der Waals surface area contributed by atoms with Crippen LogP contribution in [-0.4, -0.2) is 78.5 Å². The molecule has 3 rings (SSSR count). The monoisotopic (exact) mass is 280 g/mol. The highest BCUT2D eigenvalue weighted by Gasteiger charge is 2.29. The van der Waals surface area contributed by atoms with E-state index in [0.29, 0.717) is 46.1 Å². The summed E-state index contributed by atoms with van der Waals surface area (Å²) in [5.41, 5.74) is 1.000. The summed E-state index contributed by atoms with van der Waals surface area (Å²) >= 11 is 0. The Balaban J connectivity index is 1.63. The molecular weight excluding hydrogens is 260 g/mol. The van der Waals surface area contributed by atoms with Crippen LogP contribution in [0.15, 0.2) is 12.3 Å². The first-order valence-corrected chi connectivity index (χ1v) is 7.01. The van der Waals surface area contributed by atoms with Crippen LogP contribution in [0.3, 0.4) is 0 Å². The molecule has 0 spiro atoms. The number of hydrogen-bond donors (Lipinski definition) is 1. The largest absolute Gasteiger partial charge is 0.378 e. The zero-order chi connectivity index (χ0) is 13.8. The second kappa shape index (κ2) is 6.34. The fourth-order valence-corrected chi connectivity index (χ4v) is 2.65. The van der Waals surface area contributed by atoms with Gasteiger partial charge in [0.15, 0.2) is 0 Å². The van der Waals surface area contributed by atoms with Gasteiger partial charge in [-0.2, -0.15) is 5.10 Å². The van der Waals surface area contributed by atoms with Crippen molar-refractivity contribution < 1.29 is 14.3 Å². The molecule has 1 aromatic heterocycles. The number of hydrogen-bond acceptors (Lipinski definition) is 5. The smallest absolute Gasteiger partial charge is 0.236 e. The zero-order valence-electron chi connectivity index (χ0n) is 11.5. The SMILES string of the molecule is O=C(CN1CCOC[C@@H]1c1ccn[nH]1)N1CCOCC1. The van der Waals surface area contributed by atoms with Crippen LogP contribution in [0.4, 0.5) is 0 Å². The lowest BCUT2D eigenvalue weighted by Crippen LogP contribution is -2.49. The fraction of sp³-hybridized carbons (Fsp3) is 0.692. The number of nitrogens with zero attached hydrogens (tertiary/aromatic N) is 3. The van der Waals surface area contributed by atoms with Crippen molar-refractivity contribution in [3.63, 3.8) is 0 Å². The Morgan fingerprint density at radius 1 is 1.30 bits per heavy atom. The van der Waals surface area contributed by atoms with Crippen molar-refractivity contribution in [3.05, 3.63) is 18.0 Å². The van der Waals surface area contributed by atoms with E-state index in [4.69, 9.17) is 9.47 Å². The van der Waals surface area contributed by atoms with Gasteiger partial charge in [0.25, 0.3) is 0 Å². The van der Waals surface area contributed by atoms with Crippen LogP contribution < -0.4 is 0 Å². The predicted octanol–water partition coefficient (Wildman–Crippen LogP) is -0.358. The van der Waals surface area contributed by atoms with Gasteiger partial charge in [-0.3, -0.25) is 14.8 Å². The third-order valence-electron chi connectivity index (χ3n) is 3.82. The molecule has 1 aromatic rings. The van der Waals surface area contributed by atoms with E-state index < -0.39 is 0 Å². The number of aromatic amines is 1. The standard InChI is InChI=1S/C13H20N4O3/c18-13(16-3-6-19-7-4-16)9-17-5-8-20-10-12(17)11-1-2-14-15-11/h1-2,12H,3-10H2,(H,14,15)/t12-/m1/s1. The van der Waals surface area contributed by atoms with E-state index >= 15 is 0 Å². The highest BCUT2D eigenvalue weighted by Crippen LogP contribution is 2.22. The molecule has 2 saturated heterocycles. The number of carbonyl (C=O) groups excluding carboxylic acids is 1. The Kier molecular flexibility index (Phi) is 4.29. The minimum atomic E-state index is 0.0799. The molecule has 1 N–H and O–H groups in total. The Labute approximate surface area is 117 Å². The fourth-order valence-electron chi connectivity index (χ4n) is 2.65. The Morgan fingerprint density at radius 3 is 2.85 bits per heavy atom. The number of amides is 1. The molecule has 0 aromatic carbocycles. The van der Waals surface area contributed by atoms with Gasteiger partial charge < -0.3 is 14.4 Å². The third-order valence-corrected chi connectivity index (χ3v) is 3.82. The molecule has 0 aliphatic carbocycles. The van der Waals surface area contributed by atoms with E-state index in [0.717, 1.165) is 12.2 Å². The van der Waals surface area contributed by atoms with Gasteiger partial charge in [-0.05, 0) is 6.07 Å². The summed E-state index contributed by atoms with van der Waals surface area (Å²) in [5, 5.41) is 6.95. The molecule has 1 atom stereocenters. The van der Waals surface area contributed by atoms with Gasteiger partial charge in [-0.25, -0.2) is 0 Å². The Morgan fingerprint density at radius 2 is 2.10 bits per heavy atom. The van der Waals surface area contributed by atoms with E-state index in [1.165, 1.54) is 0 Å². The maximum atomic E-state index is 12.3. The predicted molar refractivity (Wildman–Crippen MR) is 71.1 cm³/mol. The van der Waals surface area contributed by atoms with Crippen LogP contribution in [0, 0.1) is 0 Å². The maximum Gasteiger partial charge on any atom is 0.236 e. The summed E-state index contributed by atoms with van der Waals surface area (Å²) in [7, 11) is 0. The van der Waals surface area contributed by atoms with Crippen molar-refractivity contribution in [2.45, 2.75) is 6.04 Å². The number of H-pyrrole nitrogens is 1. The van der Waals surface area contributed by atoms with E-state index in [2.05, 4.69) is 15.1 Å². The molecule has 0 radical (unpaired) electrons. The van der Waals surface area contributed by atoms with Gasteiger partial charge in [-0.1, -0.05) is 0 Å². The Bertz CT molecular complexity index is 431. The van der Waals surface area contributed by atoms with Crippen LogP contribution in [0.2, 0.25) is 0 Å². The second-order valence-corrected chi connectivity index (χ2v) is 5.07. The summed E-state index contributed by atoms with van der Waals surface area (Å²) in [4.78, 5) is 16.4. The normalized spacial score (nSPS) is 24.8. The third kappa shape index (κ3) is 3.00. The van der Waals surface area contributed by atoms with Crippen molar-refractivity contribution in [3.8, 4) is 0 Å². The second-order valence-electron chi connectivity index (χ2n) is 5.07. The van der Waals surface area contributed by atoms with E-state index in [9.17, 15) is 4.79 Å². The average molecular weight is 280 g/mol. The number of rotatable bonds is 3. The zero-order valence-corrected chi connectivity index (χ0v) is 11.5. The molecule has 0 saturated carbocycles. The number of carbonyl (C=O) groups is 1. The van der Waals surface area contributed by atoms with Crippen molar-refractivity contribution in [2.24, 2.45) is 0 Å². The van der Waals surface area contributed by atoms with Gasteiger partial charge in [0.05, 0.1) is 44.7 Å². The van der Waals surface area contributed by atoms with Crippen LogP contribution >= 0.6 is 0 Å². The lowest BCUT2D eigenvalue weighted by Gasteiger charge is -2.36. The van der Waals surface area contributed by atoms with Crippen molar-refractivity contribution in [1.29, 1.82) is 0 Å². The number of morpholine rings is 2. The first kappa shape index (κ1) is 13.5.